The Morgan fingerprint density at radius 3 is 2.72 bits per heavy atom. The van der Waals surface area contributed by atoms with Gasteiger partial charge in [0.2, 0.25) is 0 Å². The van der Waals surface area contributed by atoms with Gasteiger partial charge in [0.1, 0.15) is 12.0 Å². The molecule has 0 bridgehead atoms. The fourth-order valence-electron chi connectivity index (χ4n) is 4.67. The molecule has 0 aliphatic carbocycles. The molecule has 2 fully saturated rings. The average Bonchev–Trinajstić information content (AvgIpc) is 3.39. The van der Waals surface area contributed by atoms with Gasteiger partial charge in [-0.05, 0) is 49.6 Å². The van der Waals surface area contributed by atoms with Crippen molar-refractivity contribution in [2.75, 3.05) is 38.2 Å². The van der Waals surface area contributed by atoms with E-state index >= 15 is 0 Å². The number of aryl methyl sites for hydroxylation is 1. The van der Waals surface area contributed by atoms with Crippen molar-refractivity contribution < 1.29 is 14.2 Å². The molecule has 5 rings (SSSR count). The number of hydrogen-bond acceptors (Lipinski definition) is 7. The lowest BCUT2D eigenvalue weighted by molar-refractivity contribution is 0.198. The van der Waals surface area contributed by atoms with Crippen molar-refractivity contribution in [1.82, 2.24) is 25.1 Å². The molecule has 32 heavy (non-hydrogen) atoms. The first-order valence-corrected chi connectivity index (χ1v) is 10.7. The predicted molar refractivity (Wildman–Crippen MR) is 123 cm³/mol. The number of aromatic nitrogens is 4. The maximum atomic E-state index is 14.7. The van der Waals surface area contributed by atoms with E-state index in [9.17, 15) is 9.50 Å². The lowest BCUT2D eigenvalue weighted by atomic mass is 9.85. The summed E-state index contributed by atoms with van der Waals surface area (Å²) in [4.78, 5) is 11.0. The largest absolute Gasteiger partial charge is 0.467 e. The van der Waals surface area contributed by atoms with Gasteiger partial charge in [-0.1, -0.05) is 0 Å². The normalized spacial score (nSPS) is 23.4. The third kappa shape index (κ3) is 4.12. The van der Waals surface area contributed by atoms with E-state index in [2.05, 4.69) is 26.4 Å². The molecule has 2 aliphatic heterocycles. The van der Waals surface area contributed by atoms with Crippen LogP contribution in [-0.2, 0) is 0 Å². The van der Waals surface area contributed by atoms with E-state index in [0.29, 0.717) is 31.1 Å². The molecule has 3 atom stereocenters. The average molecular weight is 463 g/mol. The predicted octanol–water partition coefficient (Wildman–Crippen LogP) is 2.54. The van der Waals surface area contributed by atoms with Gasteiger partial charge in [-0.2, -0.15) is 15.1 Å². The topological polar surface area (TPSA) is 88.3 Å². The van der Waals surface area contributed by atoms with Crippen LogP contribution in [0.5, 0.6) is 6.01 Å². The van der Waals surface area contributed by atoms with Crippen molar-refractivity contribution >= 4 is 29.1 Å². The first-order valence-electron chi connectivity index (χ1n) is 10.7. The number of piperidine rings is 1. The van der Waals surface area contributed by atoms with Gasteiger partial charge in [0.25, 0.3) is 0 Å². The summed E-state index contributed by atoms with van der Waals surface area (Å²) in [5.41, 5.74) is 2.97. The second-order valence-corrected chi connectivity index (χ2v) is 8.40. The molecular weight excluding hydrogens is 435 g/mol. The van der Waals surface area contributed by atoms with Crippen LogP contribution < -0.4 is 15.0 Å². The maximum Gasteiger partial charge on any atom is 0.320 e. The monoisotopic (exact) mass is 462 g/mol. The molecule has 0 saturated carbocycles. The molecule has 2 aromatic heterocycles. The van der Waals surface area contributed by atoms with Gasteiger partial charge in [0.05, 0.1) is 24.9 Å². The molecule has 0 amide bonds. The van der Waals surface area contributed by atoms with Crippen LogP contribution in [0.2, 0.25) is 0 Å². The molecule has 2 saturated heterocycles. The molecule has 0 spiro atoms. The van der Waals surface area contributed by atoms with Crippen molar-refractivity contribution in [1.29, 1.82) is 0 Å². The summed E-state index contributed by atoms with van der Waals surface area (Å²) in [5.74, 6) is 1.14. The van der Waals surface area contributed by atoms with Crippen molar-refractivity contribution in [3.05, 3.63) is 35.5 Å². The van der Waals surface area contributed by atoms with Crippen LogP contribution in [0.4, 0.5) is 10.2 Å². The van der Waals surface area contributed by atoms with Crippen LogP contribution in [0.15, 0.2) is 24.4 Å². The van der Waals surface area contributed by atoms with Gasteiger partial charge >= 0.3 is 6.01 Å². The molecule has 2 unspecified atom stereocenters. The van der Waals surface area contributed by atoms with E-state index in [-0.39, 0.29) is 30.4 Å². The number of aliphatic hydroxyl groups is 1. The van der Waals surface area contributed by atoms with Crippen LogP contribution in [-0.4, -0.2) is 70.4 Å². The van der Waals surface area contributed by atoms with Crippen LogP contribution >= 0.6 is 12.4 Å². The summed E-state index contributed by atoms with van der Waals surface area (Å²) >= 11 is 0. The highest BCUT2D eigenvalue weighted by molar-refractivity contribution is 5.85. The van der Waals surface area contributed by atoms with Gasteiger partial charge in [-0.3, -0.25) is 0 Å². The summed E-state index contributed by atoms with van der Waals surface area (Å²) in [5, 5.41) is 18.6. The van der Waals surface area contributed by atoms with Crippen LogP contribution in [0.25, 0.3) is 16.7 Å². The summed E-state index contributed by atoms with van der Waals surface area (Å²) in [6.07, 6.45) is 2.00. The maximum absolute atomic E-state index is 14.7. The van der Waals surface area contributed by atoms with E-state index in [4.69, 9.17) is 4.74 Å². The van der Waals surface area contributed by atoms with Gasteiger partial charge in [0, 0.05) is 37.0 Å². The number of anilines is 1. The SMILES string of the molecule is COc1nc(N2CC[C@H](O)C2)cc(-n2ncc3cc(C)c(C4CCNCC4F)cc32)n1.Cl. The molecule has 0 radical (unpaired) electrons. The number of alkyl halides is 1. The number of β-amino-alcohol motifs (C(OH)–C–C–N with tert-alkyl or cyclic N) is 1. The van der Waals surface area contributed by atoms with E-state index in [0.717, 1.165) is 41.5 Å². The van der Waals surface area contributed by atoms with Crippen LogP contribution in [0.3, 0.4) is 0 Å². The Hall–Kier alpha value is -2.49. The van der Waals surface area contributed by atoms with Gasteiger partial charge in [-0.25, -0.2) is 9.07 Å². The lowest BCUT2D eigenvalue weighted by Crippen LogP contribution is -2.36. The second-order valence-electron chi connectivity index (χ2n) is 8.40. The number of halogens is 2. The number of hydrogen-bond donors (Lipinski definition) is 2. The molecule has 172 valence electrons. The highest BCUT2D eigenvalue weighted by Gasteiger charge is 2.28. The third-order valence-electron chi connectivity index (χ3n) is 6.33. The smallest absolute Gasteiger partial charge is 0.320 e. The lowest BCUT2D eigenvalue weighted by Gasteiger charge is -2.28. The first-order chi connectivity index (χ1) is 15.0. The van der Waals surface area contributed by atoms with E-state index in [1.54, 1.807) is 10.9 Å². The van der Waals surface area contributed by atoms with E-state index in [1.165, 1.54) is 7.11 Å². The van der Waals surface area contributed by atoms with Crippen molar-refractivity contribution in [2.24, 2.45) is 0 Å². The van der Waals surface area contributed by atoms with Crippen molar-refractivity contribution in [3.8, 4) is 11.8 Å². The molecule has 2 N–H and O–H groups in total. The Morgan fingerprint density at radius 1 is 1.19 bits per heavy atom. The summed E-state index contributed by atoms with van der Waals surface area (Å²) in [7, 11) is 1.53. The minimum Gasteiger partial charge on any atom is -0.467 e. The fraction of sp³-hybridized carbons (Fsp3) is 0.500. The standard InChI is InChI=1S/C22H27FN6O2.ClH/c1-13-7-14-10-25-29(19(14)8-17(13)16-3-5-24-11-18(16)23)21-9-20(26-22(27-21)31-2)28-6-4-15(30)12-28;/h7-10,15-16,18,24,30H,3-6,11-12H2,1-2H3;1H/t15-,16?,18?;/m0./s1. The number of methoxy groups -OCH3 is 1. The molecule has 10 heteroatoms. The Bertz CT molecular complexity index is 1110. The Labute approximate surface area is 192 Å². The number of benzene rings is 1. The molecular formula is C22H28ClFN6O2. The number of nitrogens with zero attached hydrogens (tertiary/aromatic N) is 5. The number of ether oxygens (including phenoxy) is 1. The van der Waals surface area contributed by atoms with Crippen LogP contribution in [0, 0.1) is 6.92 Å². The Balaban J connectivity index is 0.00000245. The van der Waals surface area contributed by atoms with Gasteiger partial charge < -0.3 is 20.1 Å². The zero-order valence-electron chi connectivity index (χ0n) is 18.2. The highest BCUT2D eigenvalue weighted by Crippen LogP contribution is 2.33. The minimum atomic E-state index is -0.909. The Morgan fingerprint density at radius 2 is 2.00 bits per heavy atom. The zero-order chi connectivity index (χ0) is 21.5. The molecule has 2 aliphatic rings. The molecule has 4 heterocycles. The zero-order valence-corrected chi connectivity index (χ0v) is 19.0. The molecule has 1 aromatic carbocycles. The fourth-order valence-corrected chi connectivity index (χ4v) is 4.67. The number of nitrogens with one attached hydrogen (secondary N) is 1. The number of fused-ring (bicyclic) bond motifs is 1. The minimum absolute atomic E-state index is 0. The third-order valence-corrected chi connectivity index (χ3v) is 6.33. The molecule has 8 nitrogen and oxygen atoms in total. The summed E-state index contributed by atoms with van der Waals surface area (Å²) in [6, 6.07) is 6.22. The highest BCUT2D eigenvalue weighted by atomic mass is 35.5. The summed E-state index contributed by atoms with van der Waals surface area (Å²) in [6.45, 7) is 4.48. The van der Waals surface area contributed by atoms with Crippen molar-refractivity contribution in [2.45, 2.75) is 38.0 Å². The van der Waals surface area contributed by atoms with Gasteiger partial charge in [0.15, 0.2) is 5.82 Å². The second kappa shape index (κ2) is 9.17. The van der Waals surface area contributed by atoms with E-state index < -0.39 is 6.17 Å². The molecule has 3 aromatic rings. The first kappa shape index (κ1) is 22.7. The van der Waals surface area contributed by atoms with Gasteiger partial charge in [-0.15, -0.1) is 12.4 Å². The van der Waals surface area contributed by atoms with E-state index in [1.807, 2.05) is 24.0 Å². The summed E-state index contributed by atoms with van der Waals surface area (Å²) < 4.78 is 21.8. The number of aliphatic hydroxyl groups excluding tert-OH is 1. The number of rotatable bonds is 4. The van der Waals surface area contributed by atoms with Crippen molar-refractivity contribution in [3.63, 3.8) is 0 Å². The Kier molecular flexibility index (Phi) is 6.50. The van der Waals surface area contributed by atoms with Crippen LogP contribution in [0.1, 0.15) is 29.9 Å². The quantitative estimate of drug-likeness (QED) is 0.616.